The van der Waals surface area contributed by atoms with E-state index in [1.165, 1.54) is 4.90 Å². The largest absolute Gasteiger partial charge is 0.346 e. The van der Waals surface area contributed by atoms with E-state index in [2.05, 4.69) is 19.2 Å². The first kappa shape index (κ1) is 22.7. The molecule has 0 bridgehead atoms. The van der Waals surface area contributed by atoms with Gasteiger partial charge >= 0.3 is 6.03 Å². The van der Waals surface area contributed by atoms with Crippen LogP contribution in [0.15, 0.2) is 0 Å². The molecule has 1 rings (SSSR count). The van der Waals surface area contributed by atoms with Crippen molar-refractivity contribution in [1.29, 1.82) is 0 Å². The summed E-state index contributed by atoms with van der Waals surface area (Å²) in [7, 11) is 1.76. The lowest BCUT2D eigenvalue weighted by molar-refractivity contribution is -0.132. The topological polar surface area (TPSA) is 95.7 Å². The van der Waals surface area contributed by atoms with E-state index in [9.17, 15) is 14.4 Å². The molecule has 1 unspecified atom stereocenters. The van der Waals surface area contributed by atoms with Gasteiger partial charge in [0.1, 0.15) is 5.54 Å². The maximum Gasteiger partial charge on any atom is 0.325 e. The molecule has 3 N–H and O–H groups in total. The molecule has 0 aromatic heterocycles. The van der Waals surface area contributed by atoms with Crippen molar-refractivity contribution in [3.05, 3.63) is 0 Å². The molecule has 0 spiro atoms. The van der Waals surface area contributed by atoms with Gasteiger partial charge in [0.25, 0.3) is 5.91 Å². The van der Waals surface area contributed by atoms with Crippen LogP contribution < -0.4 is 11.1 Å². The van der Waals surface area contributed by atoms with Crippen LogP contribution in [0.1, 0.15) is 47.0 Å². The molecule has 0 aromatic rings. The van der Waals surface area contributed by atoms with Crippen LogP contribution in [0, 0.1) is 5.92 Å². The molecule has 1 aliphatic rings. The number of hydrogen-bond acceptors (Lipinski definition) is 4. The van der Waals surface area contributed by atoms with E-state index in [4.69, 9.17) is 5.73 Å². The molecule has 1 atom stereocenters. The van der Waals surface area contributed by atoms with E-state index in [1.54, 1.807) is 25.8 Å². The summed E-state index contributed by atoms with van der Waals surface area (Å²) in [5, 5.41) is 2.63. The molecule has 140 valence electrons. The zero-order valence-corrected chi connectivity index (χ0v) is 16.1. The van der Waals surface area contributed by atoms with Crippen LogP contribution in [-0.2, 0) is 9.59 Å². The van der Waals surface area contributed by atoms with E-state index < -0.39 is 5.54 Å². The lowest BCUT2D eigenvalue weighted by atomic mass is 10.0. The fourth-order valence-corrected chi connectivity index (χ4v) is 2.40. The van der Waals surface area contributed by atoms with Gasteiger partial charge in [0.05, 0.1) is 0 Å². The SMILES string of the molecule is CC(C)C(N)CCN(C)C(=O)CCCN1C(=O)NC(C)(C)C1=O.Cl. The highest BCUT2D eigenvalue weighted by atomic mass is 35.5. The van der Waals surface area contributed by atoms with Crippen LogP contribution in [0.5, 0.6) is 0 Å². The van der Waals surface area contributed by atoms with Crippen LogP contribution in [0.3, 0.4) is 0 Å². The van der Waals surface area contributed by atoms with Crippen LogP contribution in [0.25, 0.3) is 0 Å². The normalized spacial score (nSPS) is 17.5. The number of halogens is 1. The summed E-state index contributed by atoms with van der Waals surface area (Å²) < 4.78 is 0. The third kappa shape index (κ3) is 5.94. The minimum Gasteiger partial charge on any atom is -0.346 e. The number of hydrogen-bond donors (Lipinski definition) is 2. The second-order valence-corrected chi connectivity index (χ2v) is 7.13. The van der Waals surface area contributed by atoms with Gasteiger partial charge < -0.3 is 16.0 Å². The predicted molar refractivity (Wildman–Crippen MR) is 95.9 cm³/mol. The van der Waals surface area contributed by atoms with E-state index in [1.807, 2.05) is 0 Å². The first-order valence-corrected chi connectivity index (χ1v) is 8.20. The Labute approximate surface area is 150 Å². The van der Waals surface area contributed by atoms with Crippen molar-refractivity contribution in [2.45, 2.75) is 58.5 Å². The number of nitrogens with zero attached hydrogens (tertiary/aromatic N) is 2. The summed E-state index contributed by atoms with van der Waals surface area (Å²) in [5.41, 5.74) is 5.12. The summed E-state index contributed by atoms with van der Waals surface area (Å²) in [6.45, 7) is 8.35. The number of urea groups is 1. The van der Waals surface area contributed by atoms with E-state index in [-0.39, 0.29) is 42.8 Å². The quantitative estimate of drug-likeness (QED) is 0.637. The van der Waals surface area contributed by atoms with E-state index >= 15 is 0 Å². The van der Waals surface area contributed by atoms with Gasteiger partial charge in [0.15, 0.2) is 0 Å². The lowest BCUT2D eigenvalue weighted by Gasteiger charge is -2.22. The molecule has 0 aromatic carbocycles. The van der Waals surface area contributed by atoms with Crippen LogP contribution >= 0.6 is 12.4 Å². The number of imide groups is 1. The number of carbonyl (C=O) groups excluding carboxylic acids is 3. The minimum atomic E-state index is -0.856. The van der Waals surface area contributed by atoms with E-state index in [0.717, 1.165) is 6.42 Å². The molecule has 0 aliphatic carbocycles. The van der Waals surface area contributed by atoms with Crippen molar-refractivity contribution in [1.82, 2.24) is 15.1 Å². The smallest absolute Gasteiger partial charge is 0.325 e. The standard InChI is InChI=1S/C16H30N4O3.ClH/c1-11(2)12(17)8-10-19(5)13(21)7-6-9-20-14(22)16(3,4)18-15(20)23;/h11-12H,6-10,17H2,1-5H3,(H,18,23);1H. The molecule has 0 saturated carbocycles. The highest BCUT2D eigenvalue weighted by Gasteiger charge is 2.43. The van der Waals surface area contributed by atoms with Gasteiger partial charge in [-0.05, 0) is 32.6 Å². The van der Waals surface area contributed by atoms with Crippen molar-refractivity contribution in [2.24, 2.45) is 11.7 Å². The van der Waals surface area contributed by atoms with Crippen molar-refractivity contribution < 1.29 is 14.4 Å². The summed E-state index contributed by atoms with van der Waals surface area (Å²) >= 11 is 0. The number of carbonyl (C=O) groups is 3. The highest BCUT2D eigenvalue weighted by molar-refractivity contribution is 6.06. The maximum absolute atomic E-state index is 12.1. The zero-order valence-electron chi connectivity index (χ0n) is 15.3. The van der Waals surface area contributed by atoms with Gasteiger partial charge in [-0.25, -0.2) is 4.79 Å². The Morgan fingerprint density at radius 1 is 1.33 bits per heavy atom. The van der Waals surface area contributed by atoms with Crippen molar-refractivity contribution in [2.75, 3.05) is 20.1 Å². The average Bonchev–Trinajstić information content (AvgIpc) is 2.65. The fraction of sp³-hybridized carbons (Fsp3) is 0.812. The molecule has 4 amide bonds. The molecule has 0 radical (unpaired) electrons. The fourth-order valence-electron chi connectivity index (χ4n) is 2.40. The van der Waals surface area contributed by atoms with Crippen molar-refractivity contribution in [3.63, 3.8) is 0 Å². The van der Waals surface area contributed by atoms with Gasteiger partial charge in [0, 0.05) is 32.6 Å². The number of nitrogens with two attached hydrogens (primary N) is 1. The Bertz CT molecular complexity index is 468. The van der Waals surface area contributed by atoms with Crippen LogP contribution in [-0.4, -0.2) is 59.4 Å². The van der Waals surface area contributed by atoms with Gasteiger partial charge in [-0.1, -0.05) is 13.8 Å². The number of nitrogens with one attached hydrogen (secondary N) is 1. The Hall–Kier alpha value is -1.34. The summed E-state index contributed by atoms with van der Waals surface area (Å²) in [6, 6.07) is -0.304. The molecular formula is C16H31ClN4O3. The Morgan fingerprint density at radius 3 is 2.38 bits per heavy atom. The Balaban J connectivity index is 0.00000529. The van der Waals surface area contributed by atoms with E-state index in [0.29, 0.717) is 25.3 Å². The molecule has 24 heavy (non-hydrogen) atoms. The summed E-state index contributed by atoms with van der Waals surface area (Å²) in [6.07, 6.45) is 1.54. The first-order chi connectivity index (χ1) is 10.6. The van der Waals surface area contributed by atoms with Gasteiger partial charge in [0.2, 0.25) is 5.91 Å². The lowest BCUT2D eigenvalue weighted by Crippen LogP contribution is -2.40. The van der Waals surface area contributed by atoms with Crippen molar-refractivity contribution >= 4 is 30.3 Å². The van der Waals surface area contributed by atoms with Crippen LogP contribution in [0.4, 0.5) is 4.79 Å². The molecule has 8 heteroatoms. The predicted octanol–water partition coefficient (Wildman–Crippen LogP) is 1.35. The second kappa shape index (κ2) is 9.22. The third-order valence-electron chi connectivity index (χ3n) is 4.30. The van der Waals surface area contributed by atoms with Gasteiger partial charge in [-0.15, -0.1) is 12.4 Å². The van der Waals surface area contributed by atoms with Crippen molar-refractivity contribution in [3.8, 4) is 0 Å². The maximum atomic E-state index is 12.1. The Kier molecular flexibility index (Phi) is 8.71. The summed E-state index contributed by atoms with van der Waals surface area (Å²) in [4.78, 5) is 38.7. The Morgan fingerprint density at radius 2 is 1.92 bits per heavy atom. The highest BCUT2D eigenvalue weighted by Crippen LogP contribution is 2.17. The number of amides is 4. The first-order valence-electron chi connectivity index (χ1n) is 8.20. The van der Waals surface area contributed by atoms with Crippen LogP contribution in [0.2, 0.25) is 0 Å². The summed E-state index contributed by atoms with van der Waals surface area (Å²) in [5.74, 6) is 0.153. The third-order valence-corrected chi connectivity index (χ3v) is 4.30. The van der Waals surface area contributed by atoms with Gasteiger partial charge in [-0.3, -0.25) is 14.5 Å². The average molecular weight is 363 g/mol. The molecular weight excluding hydrogens is 332 g/mol. The minimum absolute atomic E-state index is 0. The molecule has 1 aliphatic heterocycles. The second-order valence-electron chi connectivity index (χ2n) is 7.13. The molecule has 1 fully saturated rings. The monoisotopic (exact) mass is 362 g/mol. The molecule has 7 nitrogen and oxygen atoms in total. The zero-order chi connectivity index (χ0) is 17.8. The molecule has 1 saturated heterocycles. The number of rotatable bonds is 8. The molecule has 1 heterocycles. The van der Waals surface area contributed by atoms with Gasteiger partial charge in [-0.2, -0.15) is 0 Å².